The van der Waals surface area contributed by atoms with E-state index in [1.807, 2.05) is 67.7 Å². The van der Waals surface area contributed by atoms with Gasteiger partial charge in [-0.05, 0) is 36.4 Å². The van der Waals surface area contributed by atoms with Crippen LogP contribution in [0, 0.1) is 0 Å². The van der Waals surface area contributed by atoms with E-state index in [0.717, 1.165) is 16.2 Å². The number of imidazole rings is 1. The van der Waals surface area contributed by atoms with Gasteiger partial charge in [-0.2, -0.15) is 0 Å². The summed E-state index contributed by atoms with van der Waals surface area (Å²) in [7, 11) is 1.99. The fourth-order valence-corrected chi connectivity index (χ4v) is 4.67. The van der Waals surface area contributed by atoms with E-state index in [2.05, 4.69) is 4.57 Å². The predicted molar refractivity (Wildman–Crippen MR) is 123 cm³/mol. The highest BCUT2D eigenvalue weighted by Crippen LogP contribution is 2.27. The maximum atomic E-state index is 13.4. The first-order valence-corrected chi connectivity index (χ1v) is 10.8. The van der Waals surface area contributed by atoms with E-state index >= 15 is 0 Å². The number of hydrogen-bond donors (Lipinski definition) is 0. The molecule has 7 heteroatoms. The molecular formula is C23H17ClN4OS. The lowest BCUT2D eigenvalue weighted by Crippen LogP contribution is -2.24. The first-order valence-electron chi connectivity index (χ1n) is 9.43. The second-order valence-electron chi connectivity index (χ2n) is 6.87. The third-order valence-electron chi connectivity index (χ3n) is 5.02. The lowest BCUT2D eigenvalue weighted by molar-refractivity contribution is 0.811. The van der Waals surface area contributed by atoms with Crippen LogP contribution in [0.3, 0.4) is 0 Å². The third-order valence-corrected chi connectivity index (χ3v) is 6.36. The average Bonchev–Trinajstić information content (AvgIpc) is 3.09. The molecule has 3 aromatic carbocycles. The van der Waals surface area contributed by atoms with Gasteiger partial charge in [0.2, 0.25) is 0 Å². The molecule has 0 aliphatic rings. The summed E-state index contributed by atoms with van der Waals surface area (Å²) >= 11 is 7.98. The van der Waals surface area contributed by atoms with Crippen LogP contribution in [0.4, 0.5) is 0 Å². The van der Waals surface area contributed by atoms with Crippen molar-refractivity contribution in [3.63, 3.8) is 0 Å². The molecule has 0 saturated heterocycles. The Morgan fingerprint density at radius 3 is 2.40 bits per heavy atom. The SMILES string of the molecule is Cn1c(SCc2nc3ccccc3c(=O)n2-c2ccccc2Cl)nc2ccccc21. The molecule has 0 atom stereocenters. The molecule has 0 spiro atoms. The Balaban J connectivity index is 1.64. The van der Waals surface area contributed by atoms with Crippen molar-refractivity contribution in [2.45, 2.75) is 10.9 Å². The van der Waals surface area contributed by atoms with Crippen LogP contribution in [0.25, 0.3) is 27.6 Å². The van der Waals surface area contributed by atoms with Gasteiger partial charge in [-0.25, -0.2) is 9.97 Å². The van der Waals surface area contributed by atoms with Gasteiger partial charge in [0, 0.05) is 7.05 Å². The lowest BCUT2D eigenvalue weighted by Gasteiger charge is -2.14. The van der Waals surface area contributed by atoms with E-state index in [1.165, 1.54) is 0 Å². The monoisotopic (exact) mass is 432 g/mol. The van der Waals surface area contributed by atoms with Gasteiger partial charge in [0.25, 0.3) is 5.56 Å². The van der Waals surface area contributed by atoms with Gasteiger partial charge in [0.05, 0.1) is 38.4 Å². The average molecular weight is 433 g/mol. The number of halogens is 1. The molecule has 0 unspecified atom stereocenters. The van der Waals surface area contributed by atoms with Gasteiger partial charge in [-0.15, -0.1) is 0 Å². The molecule has 0 aliphatic heterocycles. The van der Waals surface area contributed by atoms with Crippen LogP contribution in [0.2, 0.25) is 5.02 Å². The van der Waals surface area contributed by atoms with E-state index in [1.54, 1.807) is 28.5 Å². The van der Waals surface area contributed by atoms with Crippen molar-refractivity contribution in [2.24, 2.45) is 7.05 Å². The van der Waals surface area contributed by atoms with Crippen LogP contribution in [-0.4, -0.2) is 19.1 Å². The standard InChI is InChI=1S/C23H17ClN4OS/c1-27-20-13-7-5-11-18(20)26-23(27)30-14-21-25-17-10-4-2-8-15(17)22(29)28(21)19-12-6-3-9-16(19)24/h2-13H,14H2,1H3. The molecule has 0 amide bonds. The molecule has 5 rings (SSSR count). The van der Waals surface area contributed by atoms with Gasteiger partial charge in [-0.3, -0.25) is 9.36 Å². The Kier molecular flexibility index (Phi) is 4.81. The first kappa shape index (κ1) is 18.9. The van der Waals surface area contributed by atoms with Gasteiger partial charge >= 0.3 is 0 Å². The van der Waals surface area contributed by atoms with E-state index in [0.29, 0.717) is 33.2 Å². The maximum Gasteiger partial charge on any atom is 0.266 e. The van der Waals surface area contributed by atoms with Crippen molar-refractivity contribution in [1.82, 2.24) is 19.1 Å². The van der Waals surface area contributed by atoms with E-state index in [9.17, 15) is 4.79 Å². The maximum absolute atomic E-state index is 13.4. The normalized spacial score (nSPS) is 11.4. The largest absolute Gasteiger partial charge is 0.322 e. The van der Waals surface area contributed by atoms with Gasteiger partial charge in [0.15, 0.2) is 5.16 Å². The first-order chi connectivity index (χ1) is 14.6. The molecular weight excluding hydrogens is 416 g/mol. The highest BCUT2D eigenvalue weighted by Gasteiger charge is 2.16. The molecule has 0 saturated carbocycles. The summed E-state index contributed by atoms with van der Waals surface area (Å²) in [6.07, 6.45) is 0. The van der Waals surface area contributed by atoms with Crippen molar-refractivity contribution in [2.75, 3.05) is 0 Å². The molecule has 0 aliphatic carbocycles. The number of nitrogens with zero attached hydrogens (tertiary/aromatic N) is 4. The topological polar surface area (TPSA) is 52.7 Å². The van der Waals surface area contributed by atoms with Crippen LogP contribution in [0.15, 0.2) is 82.7 Å². The number of para-hydroxylation sites is 4. The molecule has 0 radical (unpaired) electrons. The van der Waals surface area contributed by atoms with Crippen molar-refractivity contribution in [3.05, 3.63) is 94.0 Å². The fraction of sp³-hybridized carbons (Fsp3) is 0.0870. The van der Waals surface area contributed by atoms with Crippen LogP contribution in [0.5, 0.6) is 0 Å². The van der Waals surface area contributed by atoms with Gasteiger partial charge < -0.3 is 4.57 Å². The minimum absolute atomic E-state index is 0.130. The molecule has 2 aromatic heterocycles. The third kappa shape index (κ3) is 3.18. The number of benzene rings is 3. The quantitative estimate of drug-likeness (QED) is 0.365. The smallest absolute Gasteiger partial charge is 0.266 e. The summed E-state index contributed by atoms with van der Waals surface area (Å²) < 4.78 is 3.67. The summed E-state index contributed by atoms with van der Waals surface area (Å²) in [5.41, 5.74) is 3.18. The highest BCUT2D eigenvalue weighted by atomic mass is 35.5. The van der Waals surface area contributed by atoms with Crippen molar-refractivity contribution >= 4 is 45.3 Å². The predicted octanol–water partition coefficient (Wildman–Crippen LogP) is 5.22. The van der Waals surface area contributed by atoms with Crippen LogP contribution in [0.1, 0.15) is 5.82 Å². The van der Waals surface area contributed by atoms with E-state index in [-0.39, 0.29) is 5.56 Å². The van der Waals surface area contributed by atoms with Crippen molar-refractivity contribution in [3.8, 4) is 5.69 Å². The summed E-state index contributed by atoms with van der Waals surface area (Å²) in [6.45, 7) is 0. The molecule has 30 heavy (non-hydrogen) atoms. The number of rotatable bonds is 4. The number of hydrogen-bond acceptors (Lipinski definition) is 4. The van der Waals surface area contributed by atoms with Gasteiger partial charge in [-0.1, -0.05) is 59.8 Å². The number of fused-ring (bicyclic) bond motifs is 2. The summed E-state index contributed by atoms with van der Waals surface area (Å²) in [6, 6.07) is 22.7. The Morgan fingerprint density at radius 1 is 0.900 bits per heavy atom. The van der Waals surface area contributed by atoms with Crippen molar-refractivity contribution in [1.29, 1.82) is 0 Å². The number of thioether (sulfide) groups is 1. The Hall–Kier alpha value is -3.09. The van der Waals surface area contributed by atoms with Crippen LogP contribution in [-0.2, 0) is 12.8 Å². The minimum atomic E-state index is -0.130. The fourth-order valence-electron chi connectivity index (χ4n) is 3.54. The summed E-state index contributed by atoms with van der Waals surface area (Å²) in [5.74, 6) is 1.10. The van der Waals surface area contributed by atoms with E-state index in [4.69, 9.17) is 21.6 Å². The number of aryl methyl sites for hydroxylation is 1. The van der Waals surface area contributed by atoms with Crippen LogP contribution < -0.4 is 5.56 Å². The molecule has 2 heterocycles. The van der Waals surface area contributed by atoms with Crippen LogP contribution >= 0.6 is 23.4 Å². The molecule has 0 fully saturated rings. The Morgan fingerprint density at radius 2 is 1.60 bits per heavy atom. The van der Waals surface area contributed by atoms with Crippen molar-refractivity contribution < 1.29 is 0 Å². The number of aromatic nitrogens is 4. The zero-order chi connectivity index (χ0) is 20.7. The molecule has 5 nitrogen and oxygen atoms in total. The zero-order valence-electron chi connectivity index (χ0n) is 16.1. The summed E-state index contributed by atoms with van der Waals surface area (Å²) in [4.78, 5) is 22.9. The molecule has 148 valence electrons. The molecule has 0 bridgehead atoms. The highest BCUT2D eigenvalue weighted by molar-refractivity contribution is 7.98. The molecule has 5 aromatic rings. The van der Waals surface area contributed by atoms with E-state index < -0.39 is 0 Å². The van der Waals surface area contributed by atoms with Gasteiger partial charge in [0.1, 0.15) is 5.82 Å². The second kappa shape index (κ2) is 7.63. The summed E-state index contributed by atoms with van der Waals surface area (Å²) in [5, 5.41) is 1.93. The Bertz CT molecular complexity index is 1460. The lowest BCUT2D eigenvalue weighted by atomic mass is 10.2. The second-order valence-corrected chi connectivity index (χ2v) is 8.22. The minimum Gasteiger partial charge on any atom is -0.322 e. The molecule has 0 N–H and O–H groups in total. The zero-order valence-corrected chi connectivity index (χ0v) is 17.7. The Labute approximate surface area is 182 Å².